The summed E-state index contributed by atoms with van der Waals surface area (Å²) in [6.45, 7) is 6.72. The van der Waals surface area contributed by atoms with Crippen molar-refractivity contribution in [3.05, 3.63) is 45.8 Å². The van der Waals surface area contributed by atoms with E-state index in [1.54, 1.807) is 12.1 Å². The van der Waals surface area contributed by atoms with Crippen LogP contribution >= 0.6 is 0 Å². The van der Waals surface area contributed by atoms with Crippen LogP contribution in [0.5, 0.6) is 5.75 Å². The van der Waals surface area contributed by atoms with Crippen LogP contribution in [0.3, 0.4) is 0 Å². The lowest BCUT2D eigenvalue weighted by Crippen LogP contribution is -2.23. The Morgan fingerprint density at radius 2 is 2.14 bits per heavy atom. The SMILES string of the molecule is COc1cc(NC(C)Cn2nc(C)cc2C)ccc1[N+](=O)[O-]. The number of benzene rings is 1. The number of aromatic nitrogens is 2. The quantitative estimate of drug-likeness (QED) is 0.655. The maximum atomic E-state index is 10.9. The van der Waals surface area contributed by atoms with Crippen LogP contribution in [0.2, 0.25) is 0 Å². The number of nitro groups is 1. The second-order valence-electron chi connectivity index (χ2n) is 5.30. The van der Waals surface area contributed by atoms with E-state index >= 15 is 0 Å². The molecule has 7 nitrogen and oxygen atoms in total. The average Bonchev–Trinajstić information content (AvgIpc) is 2.76. The first-order valence-electron chi connectivity index (χ1n) is 7.00. The van der Waals surface area contributed by atoms with Crippen LogP contribution < -0.4 is 10.1 Å². The van der Waals surface area contributed by atoms with Crippen LogP contribution in [-0.4, -0.2) is 27.9 Å². The molecule has 1 heterocycles. The summed E-state index contributed by atoms with van der Waals surface area (Å²) in [7, 11) is 1.42. The molecule has 1 aromatic heterocycles. The monoisotopic (exact) mass is 304 g/mol. The molecule has 0 aliphatic rings. The largest absolute Gasteiger partial charge is 0.490 e. The molecule has 0 saturated heterocycles. The fourth-order valence-corrected chi connectivity index (χ4v) is 2.37. The molecule has 2 aromatic rings. The molecule has 7 heteroatoms. The minimum absolute atomic E-state index is 0.0424. The van der Waals surface area contributed by atoms with Crippen LogP contribution in [0.1, 0.15) is 18.3 Å². The number of ether oxygens (including phenoxy) is 1. The maximum Gasteiger partial charge on any atom is 0.311 e. The number of rotatable bonds is 6. The zero-order chi connectivity index (χ0) is 16.3. The summed E-state index contributed by atoms with van der Waals surface area (Å²) in [5, 5.41) is 18.6. The van der Waals surface area contributed by atoms with Crippen molar-refractivity contribution in [2.45, 2.75) is 33.4 Å². The Morgan fingerprint density at radius 1 is 1.41 bits per heavy atom. The third-order valence-corrected chi connectivity index (χ3v) is 3.34. The Morgan fingerprint density at radius 3 is 2.68 bits per heavy atom. The molecule has 0 amide bonds. The van der Waals surface area contributed by atoms with E-state index in [2.05, 4.69) is 10.4 Å². The summed E-state index contributed by atoms with van der Waals surface area (Å²) in [5.74, 6) is 0.244. The van der Waals surface area contributed by atoms with E-state index in [1.807, 2.05) is 31.5 Å². The molecule has 0 saturated carbocycles. The van der Waals surface area contributed by atoms with Gasteiger partial charge in [-0.1, -0.05) is 0 Å². The Bertz CT molecular complexity index is 681. The van der Waals surface area contributed by atoms with Crippen molar-refractivity contribution in [3.63, 3.8) is 0 Å². The molecule has 2 rings (SSSR count). The van der Waals surface area contributed by atoms with Crippen molar-refractivity contribution in [3.8, 4) is 5.75 Å². The number of methoxy groups -OCH3 is 1. The second kappa shape index (κ2) is 6.46. The lowest BCUT2D eigenvalue weighted by molar-refractivity contribution is -0.385. The molecule has 0 radical (unpaired) electrons. The first-order chi connectivity index (χ1) is 10.4. The van der Waals surface area contributed by atoms with Gasteiger partial charge in [-0.3, -0.25) is 14.8 Å². The zero-order valence-corrected chi connectivity index (χ0v) is 13.2. The number of nitrogens with one attached hydrogen (secondary N) is 1. The van der Waals surface area contributed by atoms with E-state index in [-0.39, 0.29) is 17.5 Å². The normalized spacial score (nSPS) is 12.0. The van der Waals surface area contributed by atoms with Crippen LogP contribution in [0.15, 0.2) is 24.3 Å². The molecule has 0 aliphatic heterocycles. The highest BCUT2D eigenvalue weighted by Crippen LogP contribution is 2.29. The van der Waals surface area contributed by atoms with Crippen molar-refractivity contribution >= 4 is 11.4 Å². The highest BCUT2D eigenvalue weighted by atomic mass is 16.6. The van der Waals surface area contributed by atoms with Gasteiger partial charge in [0.1, 0.15) is 0 Å². The summed E-state index contributed by atoms with van der Waals surface area (Å²) in [4.78, 5) is 10.4. The molecule has 1 aromatic carbocycles. The molecule has 0 fully saturated rings. The molecule has 1 N–H and O–H groups in total. The summed E-state index contributed by atoms with van der Waals surface area (Å²) in [6, 6.07) is 6.90. The number of nitrogens with zero attached hydrogens (tertiary/aromatic N) is 3. The molecule has 0 aliphatic carbocycles. The maximum absolute atomic E-state index is 10.9. The van der Waals surface area contributed by atoms with Gasteiger partial charge in [-0.25, -0.2) is 0 Å². The molecule has 0 spiro atoms. The van der Waals surface area contributed by atoms with Crippen molar-refractivity contribution in [1.82, 2.24) is 9.78 Å². The van der Waals surface area contributed by atoms with Crippen LogP contribution in [0, 0.1) is 24.0 Å². The lowest BCUT2D eigenvalue weighted by atomic mass is 10.2. The summed E-state index contributed by atoms with van der Waals surface area (Å²) in [5.41, 5.74) is 2.82. The lowest BCUT2D eigenvalue weighted by Gasteiger charge is -2.17. The topological polar surface area (TPSA) is 82.2 Å². The number of nitro benzene ring substituents is 1. The Kier molecular flexibility index (Phi) is 4.65. The van der Waals surface area contributed by atoms with E-state index in [0.29, 0.717) is 6.54 Å². The van der Waals surface area contributed by atoms with E-state index < -0.39 is 4.92 Å². The van der Waals surface area contributed by atoms with Gasteiger partial charge in [0.25, 0.3) is 0 Å². The smallest absolute Gasteiger partial charge is 0.311 e. The minimum Gasteiger partial charge on any atom is -0.490 e. The van der Waals surface area contributed by atoms with Gasteiger partial charge in [-0.15, -0.1) is 0 Å². The molecule has 118 valence electrons. The number of anilines is 1. The first kappa shape index (κ1) is 15.8. The fourth-order valence-electron chi connectivity index (χ4n) is 2.37. The van der Waals surface area contributed by atoms with E-state index in [1.165, 1.54) is 13.2 Å². The van der Waals surface area contributed by atoms with Crippen LogP contribution in [-0.2, 0) is 6.54 Å². The number of hydrogen-bond donors (Lipinski definition) is 1. The summed E-state index contributed by atoms with van der Waals surface area (Å²) >= 11 is 0. The van der Waals surface area contributed by atoms with Gasteiger partial charge in [0.15, 0.2) is 5.75 Å². The van der Waals surface area contributed by atoms with Gasteiger partial charge in [0.05, 0.1) is 24.3 Å². The van der Waals surface area contributed by atoms with Crippen molar-refractivity contribution < 1.29 is 9.66 Å². The van der Waals surface area contributed by atoms with Gasteiger partial charge < -0.3 is 10.1 Å². The summed E-state index contributed by atoms with van der Waals surface area (Å²) < 4.78 is 7.01. The molecule has 1 unspecified atom stereocenters. The minimum atomic E-state index is -0.456. The third-order valence-electron chi connectivity index (χ3n) is 3.34. The molecule has 0 bridgehead atoms. The highest BCUT2D eigenvalue weighted by Gasteiger charge is 2.15. The fraction of sp³-hybridized carbons (Fsp3) is 0.400. The standard InChI is InChI=1S/C15H20N4O3/c1-10-7-12(3)18(17-10)9-11(2)16-13-5-6-14(19(20)21)15(8-13)22-4/h5-8,11,16H,9H2,1-4H3. The van der Waals surface area contributed by atoms with Gasteiger partial charge in [-0.2, -0.15) is 5.10 Å². The van der Waals surface area contributed by atoms with Gasteiger partial charge in [-0.05, 0) is 32.9 Å². The van der Waals surface area contributed by atoms with Crippen LogP contribution in [0.25, 0.3) is 0 Å². The number of hydrogen-bond acceptors (Lipinski definition) is 5. The summed E-state index contributed by atoms with van der Waals surface area (Å²) in [6.07, 6.45) is 0. The van der Waals surface area contributed by atoms with E-state index in [4.69, 9.17) is 4.74 Å². The third kappa shape index (κ3) is 3.55. The van der Waals surface area contributed by atoms with E-state index in [0.717, 1.165) is 17.1 Å². The average molecular weight is 304 g/mol. The predicted octanol–water partition coefficient (Wildman–Crippen LogP) is 2.92. The van der Waals surface area contributed by atoms with Crippen LogP contribution in [0.4, 0.5) is 11.4 Å². The Labute approximate surface area is 129 Å². The second-order valence-corrected chi connectivity index (χ2v) is 5.30. The van der Waals surface area contributed by atoms with E-state index in [9.17, 15) is 10.1 Å². The van der Waals surface area contributed by atoms with Crippen molar-refractivity contribution in [1.29, 1.82) is 0 Å². The Balaban J connectivity index is 2.10. The van der Waals surface area contributed by atoms with Gasteiger partial charge >= 0.3 is 5.69 Å². The van der Waals surface area contributed by atoms with Crippen molar-refractivity contribution in [2.75, 3.05) is 12.4 Å². The molecular formula is C15H20N4O3. The molecule has 1 atom stereocenters. The van der Waals surface area contributed by atoms with Gasteiger partial charge in [0.2, 0.25) is 0 Å². The van der Waals surface area contributed by atoms with Gasteiger partial charge in [0, 0.05) is 29.6 Å². The zero-order valence-electron chi connectivity index (χ0n) is 13.2. The van der Waals surface area contributed by atoms with Crippen molar-refractivity contribution in [2.24, 2.45) is 0 Å². The molecule has 22 heavy (non-hydrogen) atoms. The highest BCUT2D eigenvalue weighted by molar-refractivity contribution is 5.58. The Hall–Kier alpha value is -2.57. The first-order valence-corrected chi connectivity index (χ1v) is 7.00. The predicted molar refractivity (Wildman–Crippen MR) is 84.4 cm³/mol. The molecular weight excluding hydrogens is 284 g/mol. The number of aryl methyl sites for hydroxylation is 2.